The van der Waals surface area contributed by atoms with E-state index in [0.717, 1.165) is 11.3 Å². The van der Waals surface area contributed by atoms with Crippen molar-refractivity contribution in [2.24, 2.45) is 5.73 Å². The number of ether oxygens (including phenoxy) is 1. The van der Waals surface area contributed by atoms with Crippen molar-refractivity contribution < 1.29 is 14.3 Å². The van der Waals surface area contributed by atoms with E-state index in [2.05, 4.69) is 15.7 Å². The first-order valence-electron chi connectivity index (χ1n) is 9.85. The van der Waals surface area contributed by atoms with Crippen molar-refractivity contribution in [1.82, 2.24) is 15.1 Å². The highest BCUT2D eigenvalue weighted by atomic mass is 16.5. The van der Waals surface area contributed by atoms with Crippen molar-refractivity contribution >= 4 is 17.6 Å². The number of benzene rings is 2. The van der Waals surface area contributed by atoms with E-state index in [1.54, 1.807) is 24.7 Å². The number of nitrogens with zero attached hydrogens (tertiary/aromatic N) is 2. The number of amides is 2. The second kappa shape index (κ2) is 10.1. The molecule has 8 heteroatoms. The molecule has 0 fully saturated rings. The molecule has 0 aliphatic heterocycles. The lowest BCUT2D eigenvalue weighted by Crippen LogP contribution is -2.26. The predicted molar refractivity (Wildman–Crippen MR) is 120 cm³/mol. The van der Waals surface area contributed by atoms with E-state index in [1.165, 1.54) is 6.08 Å². The van der Waals surface area contributed by atoms with Crippen LogP contribution in [-0.2, 0) is 11.3 Å². The number of hydrogen-bond acceptors (Lipinski definition) is 5. The van der Waals surface area contributed by atoms with E-state index < -0.39 is 5.91 Å². The molecule has 0 unspecified atom stereocenters. The Morgan fingerprint density at radius 3 is 2.39 bits per heavy atom. The van der Waals surface area contributed by atoms with Gasteiger partial charge in [-0.25, -0.2) is 4.68 Å². The van der Waals surface area contributed by atoms with Crippen molar-refractivity contribution in [3.05, 3.63) is 72.3 Å². The minimum Gasteiger partial charge on any atom is -0.457 e. The van der Waals surface area contributed by atoms with Gasteiger partial charge in [-0.3, -0.25) is 9.59 Å². The summed E-state index contributed by atoms with van der Waals surface area (Å²) in [5.41, 5.74) is 7.13. The van der Waals surface area contributed by atoms with E-state index in [0.29, 0.717) is 35.9 Å². The number of allylic oxidation sites excluding steroid dienone is 1. The Kier molecular flexibility index (Phi) is 7.05. The molecule has 0 aliphatic rings. The number of anilines is 1. The molecule has 31 heavy (non-hydrogen) atoms. The quantitative estimate of drug-likeness (QED) is 0.461. The van der Waals surface area contributed by atoms with Crippen LogP contribution in [0.4, 0.5) is 5.82 Å². The molecule has 0 radical (unpaired) electrons. The largest absolute Gasteiger partial charge is 0.457 e. The summed E-state index contributed by atoms with van der Waals surface area (Å²) in [6.07, 6.45) is 3.11. The van der Waals surface area contributed by atoms with Crippen molar-refractivity contribution in [3.63, 3.8) is 0 Å². The van der Waals surface area contributed by atoms with Crippen molar-refractivity contribution in [3.8, 4) is 22.8 Å². The summed E-state index contributed by atoms with van der Waals surface area (Å²) in [4.78, 5) is 23.8. The van der Waals surface area contributed by atoms with Gasteiger partial charge in [0.1, 0.15) is 28.6 Å². The molecule has 0 saturated heterocycles. The minimum absolute atomic E-state index is 0.190. The van der Waals surface area contributed by atoms with Crippen molar-refractivity contribution in [1.29, 1.82) is 0 Å². The summed E-state index contributed by atoms with van der Waals surface area (Å²) < 4.78 is 7.44. The van der Waals surface area contributed by atoms with Gasteiger partial charge in [-0.1, -0.05) is 24.3 Å². The van der Waals surface area contributed by atoms with Crippen LogP contribution in [-0.4, -0.2) is 35.2 Å². The lowest BCUT2D eigenvalue weighted by molar-refractivity contribution is -0.116. The standard InChI is InChI=1S/C23H25N5O3/c1-3-7-19(29)26-14-15-28-23(25-2)20(22(24)30)21(27-28)16-10-12-18(13-11-16)31-17-8-5-4-6-9-17/h3-13,25H,14-15H2,1-2H3,(H2,24,30)(H,26,29). The zero-order chi connectivity index (χ0) is 22.2. The molecule has 2 aromatic carbocycles. The fourth-order valence-electron chi connectivity index (χ4n) is 3.11. The Balaban J connectivity index is 1.84. The molecule has 0 spiro atoms. The highest BCUT2D eigenvalue weighted by molar-refractivity contribution is 6.03. The molecule has 2 amide bonds. The lowest BCUT2D eigenvalue weighted by Gasteiger charge is -2.08. The van der Waals surface area contributed by atoms with Crippen LogP contribution >= 0.6 is 0 Å². The maximum atomic E-state index is 12.2. The molecule has 160 valence electrons. The Bertz CT molecular complexity index is 1070. The number of carbonyl (C=O) groups excluding carboxylic acids is 2. The topological polar surface area (TPSA) is 111 Å². The number of nitrogens with two attached hydrogens (primary N) is 1. The second-order valence-corrected chi connectivity index (χ2v) is 6.64. The third-order valence-corrected chi connectivity index (χ3v) is 4.48. The second-order valence-electron chi connectivity index (χ2n) is 6.64. The third kappa shape index (κ3) is 5.30. The molecule has 1 aromatic heterocycles. The molecule has 1 heterocycles. The minimum atomic E-state index is -0.590. The van der Waals surface area contributed by atoms with Gasteiger partial charge in [0.25, 0.3) is 5.91 Å². The SMILES string of the molecule is CC=CC(=O)NCCn1nc(-c2ccc(Oc3ccccc3)cc2)c(C(N)=O)c1NC. The Hall–Kier alpha value is -4.07. The molecular weight excluding hydrogens is 394 g/mol. The van der Waals surface area contributed by atoms with E-state index in [4.69, 9.17) is 10.5 Å². The van der Waals surface area contributed by atoms with Crippen LogP contribution in [0.2, 0.25) is 0 Å². The maximum absolute atomic E-state index is 12.2. The number of aromatic nitrogens is 2. The van der Waals surface area contributed by atoms with Crippen LogP contribution in [0.15, 0.2) is 66.7 Å². The Labute approximate surface area is 180 Å². The molecule has 0 atom stereocenters. The summed E-state index contributed by atoms with van der Waals surface area (Å²) >= 11 is 0. The number of rotatable bonds is 9. The van der Waals surface area contributed by atoms with Crippen molar-refractivity contribution in [2.45, 2.75) is 13.5 Å². The van der Waals surface area contributed by atoms with Gasteiger partial charge in [0.05, 0.1) is 6.54 Å². The van der Waals surface area contributed by atoms with Crippen LogP contribution in [0.5, 0.6) is 11.5 Å². The smallest absolute Gasteiger partial charge is 0.254 e. The van der Waals surface area contributed by atoms with Gasteiger partial charge in [0.2, 0.25) is 5.91 Å². The number of hydrogen-bond donors (Lipinski definition) is 3. The molecule has 3 aromatic rings. The van der Waals surface area contributed by atoms with Gasteiger partial charge in [0.15, 0.2) is 0 Å². The first kappa shape index (κ1) is 21.6. The van der Waals surface area contributed by atoms with E-state index >= 15 is 0 Å². The van der Waals surface area contributed by atoms with Crippen LogP contribution in [0, 0.1) is 0 Å². The first-order chi connectivity index (χ1) is 15.0. The van der Waals surface area contributed by atoms with E-state index in [-0.39, 0.29) is 5.91 Å². The number of nitrogens with one attached hydrogen (secondary N) is 2. The summed E-state index contributed by atoms with van der Waals surface area (Å²) in [7, 11) is 1.69. The molecule has 0 saturated carbocycles. The van der Waals surface area contributed by atoms with Gasteiger partial charge in [0, 0.05) is 19.2 Å². The summed E-state index contributed by atoms with van der Waals surface area (Å²) in [5.74, 6) is 1.11. The zero-order valence-corrected chi connectivity index (χ0v) is 17.5. The monoisotopic (exact) mass is 419 g/mol. The van der Waals surface area contributed by atoms with Gasteiger partial charge < -0.3 is 21.1 Å². The zero-order valence-electron chi connectivity index (χ0n) is 17.5. The summed E-state index contributed by atoms with van der Waals surface area (Å²) in [5, 5.41) is 10.3. The molecular formula is C23H25N5O3. The van der Waals surface area contributed by atoms with Gasteiger partial charge >= 0.3 is 0 Å². The molecule has 0 aliphatic carbocycles. The number of carbonyl (C=O) groups is 2. The molecule has 4 N–H and O–H groups in total. The normalized spacial score (nSPS) is 10.8. The fraction of sp³-hybridized carbons (Fsp3) is 0.174. The van der Waals surface area contributed by atoms with Crippen molar-refractivity contribution in [2.75, 3.05) is 18.9 Å². The maximum Gasteiger partial charge on any atom is 0.254 e. The third-order valence-electron chi connectivity index (χ3n) is 4.48. The lowest BCUT2D eigenvalue weighted by atomic mass is 10.1. The molecule has 8 nitrogen and oxygen atoms in total. The van der Waals surface area contributed by atoms with E-state index in [1.807, 2.05) is 54.6 Å². The van der Waals surface area contributed by atoms with Crippen LogP contribution in [0.25, 0.3) is 11.3 Å². The predicted octanol–water partition coefficient (Wildman–Crippen LogP) is 3.18. The summed E-state index contributed by atoms with van der Waals surface area (Å²) in [6.45, 7) is 2.49. The molecule has 0 bridgehead atoms. The van der Waals surface area contributed by atoms with Crippen LogP contribution in [0.1, 0.15) is 17.3 Å². The van der Waals surface area contributed by atoms with Crippen LogP contribution < -0.4 is 21.1 Å². The average Bonchev–Trinajstić information content (AvgIpc) is 3.14. The number of primary amides is 1. The van der Waals surface area contributed by atoms with Gasteiger partial charge in [-0.15, -0.1) is 0 Å². The van der Waals surface area contributed by atoms with Gasteiger partial charge in [-0.2, -0.15) is 5.10 Å². The number of para-hydroxylation sites is 1. The highest BCUT2D eigenvalue weighted by Gasteiger charge is 2.22. The first-order valence-corrected chi connectivity index (χ1v) is 9.85. The highest BCUT2D eigenvalue weighted by Crippen LogP contribution is 2.30. The van der Waals surface area contributed by atoms with Gasteiger partial charge in [-0.05, 0) is 49.4 Å². The fourth-order valence-corrected chi connectivity index (χ4v) is 3.11. The molecule has 3 rings (SSSR count). The Morgan fingerprint density at radius 2 is 1.77 bits per heavy atom. The van der Waals surface area contributed by atoms with Crippen LogP contribution in [0.3, 0.4) is 0 Å². The average molecular weight is 419 g/mol. The van der Waals surface area contributed by atoms with E-state index in [9.17, 15) is 9.59 Å². The Morgan fingerprint density at radius 1 is 1.10 bits per heavy atom. The summed E-state index contributed by atoms with van der Waals surface area (Å²) in [6, 6.07) is 16.7.